The van der Waals surface area contributed by atoms with Crippen LogP contribution in [0.15, 0.2) is 28.2 Å². The maximum Gasteiger partial charge on any atom is 0.236 e. The third-order valence-corrected chi connectivity index (χ3v) is 4.01. The number of aromatic nitrogens is 1. The van der Waals surface area contributed by atoms with Crippen LogP contribution in [0.25, 0.3) is 10.8 Å². The Morgan fingerprint density at radius 2 is 2.50 bits per heavy atom. The molecule has 2 aromatic rings. The van der Waals surface area contributed by atoms with Gasteiger partial charge >= 0.3 is 0 Å². The van der Waals surface area contributed by atoms with E-state index >= 15 is 0 Å². The van der Waals surface area contributed by atoms with Gasteiger partial charge in [-0.1, -0.05) is 6.07 Å². The van der Waals surface area contributed by atoms with Crippen molar-refractivity contribution in [2.75, 3.05) is 13.1 Å². The van der Waals surface area contributed by atoms with Crippen LogP contribution in [0.1, 0.15) is 18.5 Å². The third-order valence-electron chi connectivity index (χ3n) is 3.15. The second-order valence-corrected chi connectivity index (χ2v) is 5.60. The molecular formula is C13H16N2O2S. The predicted molar refractivity (Wildman–Crippen MR) is 70.3 cm³/mol. The summed E-state index contributed by atoms with van der Waals surface area (Å²) < 4.78 is 5.49. The molecule has 1 N–H and O–H groups in total. The highest BCUT2D eigenvalue weighted by molar-refractivity contribution is 7.13. The number of aliphatic hydroxyl groups excluding tert-OH is 1. The Labute approximate surface area is 110 Å². The standard InChI is InChI=1S/C13H16N2O2S/c16-11-3-1-5-15(8-11)7-10-9-17-13(14-10)12-4-2-6-18-12/h2,4,6,9,11,16H,1,3,5,7-8H2. The van der Waals surface area contributed by atoms with Gasteiger partial charge in [-0.05, 0) is 30.8 Å². The molecule has 5 heteroatoms. The predicted octanol–water partition coefficient (Wildman–Crippen LogP) is 2.36. The zero-order valence-corrected chi connectivity index (χ0v) is 10.9. The van der Waals surface area contributed by atoms with Gasteiger partial charge in [-0.15, -0.1) is 11.3 Å². The van der Waals surface area contributed by atoms with E-state index < -0.39 is 0 Å². The van der Waals surface area contributed by atoms with Gasteiger partial charge in [0.05, 0.1) is 16.7 Å². The van der Waals surface area contributed by atoms with Crippen LogP contribution in [0.4, 0.5) is 0 Å². The summed E-state index contributed by atoms with van der Waals surface area (Å²) in [6, 6.07) is 4.00. The van der Waals surface area contributed by atoms with Crippen molar-refractivity contribution in [1.82, 2.24) is 9.88 Å². The molecule has 2 aromatic heterocycles. The largest absolute Gasteiger partial charge is 0.444 e. The molecule has 4 nitrogen and oxygen atoms in total. The molecule has 0 spiro atoms. The average molecular weight is 264 g/mol. The number of nitrogens with zero attached hydrogens (tertiary/aromatic N) is 2. The lowest BCUT2D eigenvalue weighted by molar-refractivity contribution is 0.0662. The number of likely N-dealkylation sites (tertiary alicyclic amines) is 1. The fraction of sp³-hybridized carbons (Fsp3) is 0.462. The van der Waals surface area contributed by atoms with E-state index in [1.54, 1.807) is 17.6 Å². The number of piperidine rings is 1. The van der Waals surface area contributed by atoms with E-state index in [-0.39, 0.29) is 6.10 Å². The fourth-order valence-corrected chi connectivity index (χ4v) is 2.95. The van der Waals surface area contributed by atoms with Crippen LogP contribution in [0.2, 0.25) is 0 Å². The first kappa shape index (κ1) is 11.9. The molecule has 0 aliphatic carbocycles. The number of hydrogen-bond donors (Lipinski definition) is 1. The molecule has 1 fully saturated rings. The summed E-state index contributed by atoms with van der Waals surface area (Å²) in [4.78, 5) is 7.77. The van der Waals surface area contributed by atoms with Crippen LogP contribution in [0.3, 0.4) is 0 Å². The Balaban J connectivity index is 1.66. The Morgan fingerprint density at radius 3 is 3.28 bits per heavy atom. The highest BCUT2D eigenvalue weighted by Crippen LogP contribution is 2.24. The minimum atomic E-state index is -0.192. The zero-order chi connectivity index (χ0) is 12.4. The summed E-state index contributed by atoms with van der Waals surface area (Å²) in [5, 5.41) is 11.6. The van der Waals surface area contributed by atoms with Gasteiger partial charge in [0, 0.05) is 13.1 Å². The highest BCUT2D eigenvalue weighted by Gasteiger charge is 2.19. The molecule has 1 atom stereocenters. The van der Waals surface area contributed by atoms with E-state index in [4.69, 9.17) is 4.42 Å². The normalized spacial score (nSPS) is 21.3. The number of β-amino-alcohol motifs (C(OH)–C–C–N with tert-alkyl or cyclic N) is 1. The first-order valence-electron chi connectivity index (χ1n) is 6.20. The average Bonchev–Trinajstić information content (AvgIpc) is 2.98. The molecule has 1 unspecified atom stereocenters. The number of oxazole rings is 1. The first-order chi connectivity index (χ1) is 8.81. The molecule has 96 valence electrons. The van der Waals surface area contributed by atoms with E-state index in [2.05, 4.69) is 9.88 Å². The quantitative estimate of drug-likeness (QED) is 0.924. The molecule has 3 rings (SSSR count). The summed E-state index contributed by atoms with van der Waals surface area (Å²) in [5.74, 6) is 0.692. The molecule has 3 heterocycles. The van der Waals surface area contributed by atoms with E-state index in [0.717, 1.165) is 43.0 Å². The Morgan fingerprint density at radius 1 is 1.56 bits per heavy atom. The van der Waals surface area contributed by atoms with Gasteiger partial charge in [-0.25, -0.2) is 4.98 Å². The summed E-state index contributed by atoms with van der Waals surface area (Å²) in [6.45, 7) is 2.52. The van der Waals surface area contributed by atoms with Gasteiger partial charge in [-0.3, -0.25) is 4.90 Å². The van der Waals surface area contributed by atoms with Crippen molar-refractivity contribution in [3.05, 3.63) is 29.5 Å². The molecular weight excluding hydrogens is 248 g/mol. The van der Waals surface area contributed by atoms with Crippen LogP contribution in [-0.4, -0.2) is 34.2 Å². The van der Waals surface area contributed by atoms with Gasteiger partial charge in [0.1, 0.15) is 6.26 Å². The summed E-state index contributed by atoms with van der Waals surface area (Å²) >= 11 is 1.63. The molecule has 1 aliphatic rings. The minimum Gasteiger partial charge on any atom is -0.444 e. The smallest absolute Gasteiger partial charge is 0.236 e. The van der Waals surface area contributed by atoms with Crippen LogP contribution >= 0.6 is 11.3 Å². The fourth-order valence-electron chi connectivity index (χ4n) is 2.30. The molecule has 18 heavy (non-hydrogen) atoms. The lowest BCUT2D eigenvalue weighted by Crippen LogP contribution is -2.37. The molecule has 0 radical (unpaired) electrons. The second-order valence-electron chi connectivity index (χ2n) is 4.65. The summed E-state index contributed by atoms with van der Waals surface area (Å²) in [7, 11) is 0. The monoisotopic (exact) mass is 264 g/mol. The van der Waals surface area contributed by atoms with Crippen molar-refractivity contribution in [2.45, 2.75) is 25.5 Å². The Bertz CT molecular complexity index is 495. The molecule has 1 aliphatic heterocycles. The maximum absolute atomic E-state index is 9.63. The SMILES string of the molecule is OC1CCCN(Cc2coc(-c3cccs3)n2)C1. The lowest BCUT2D eigenvalue weighted by Gasteiger charge is -2.29. The first-order valence-corrected chi connectivity index (χ1v) is 7.08. The summed E-state index contributed by atoms with van der Waals surface area (Å²) in [6.07, 6.45) is 3.49. The van der Waals surface area contributed by atoms with Crippen LogP contribution in [-0.2, 0) is 6.54 Å². The van der Waals surface area contributed by atoms with Gasteiger partial charge in [0.25, 0.3) is 0 Å². The number of aliphatic hydroxyl groups is 1. The number of hydrogen-bond acceptors (Lipinski definition) is 5. The third kappa shape index (κ3) is 2.63. The van der Waals surface area contributed by atoms with Crippen molar-refractivity contribution < 1.29 is 9.52 Å². The van der Waals surface area contributed by atoms with E-state index in [1.807, 2.05) is 17.5 Å². The molecule has 0 saturated carbocycles. The molecule has 0 aromatic carbocycles. The van der Waals surface area contributed by atoms with Crippen molar-refractivity contribution in [3.8, 4) is 10.8 Å². The number of rotatable bonds is 3. The lowest BCUT2D eigenvalue weighted by atomic mass is 10.1. The van der Waals surface area contributed by atoms with Gasteiger partial charge in [0.15, 0.2) is 0 Å². The topological polar surface area (TPSA) is 49.5 Å². The van der Waals surface area contributed by atoms with Crippen LogP contribution in [0, 0.1) is 0 Å². The van der Waals surface area contributed by atoms with E-state index in [0.29, 0.717) is 5.89 Å². The zero-order valence-electron chi connectivity index (χ0n) is 10.1. The molecule has 1 saturated heterocycles. The Kier molecular flexibility index (Phi) is 3.45. The Hall–Kier alpha value is -1.17. The van der Waals surface area contributed by atoms with Crippen LogP contribution < -0.4 is 0 Å². The van der Waals surface area contributed by atoms with Gasteiger partial charge in [0.2, 0.25) is 5.89 Å². The number of thiophene rings is 1. The minimum absolute atomic E-state index is 0.192. The van der Waals surface area contributed by atoms with Crippen molar-refractivity contribution in [1.29, 1.82) is 0 Å². The van der Waals surface area contributed by atoms with E-state index in [1.165, 1.54) is 0 Å². The van der Waals surface area contributed by atoms with Crippen molar-refractivity contribution in [2.24, 2.45) is 0 Å². The van der Waals surface area contributed by atoms with Crippen molar-refractivity contribution >= 4 is 11.3 Å². The highest BCUT2D eigenvalue weighted by atomic mass is 32.1. The summed E-state index contributed by atoms with van der Waals surface area (Å²) in [5.41, 5.74) is 0.938. The van der Waals surface area contributed by atoms with Crippen molar-refractivity contribution in [3.63, 3.8) is 0 Å². The molecule has 0 bridgehead atoms. The second kappa shape index (κ2) is 5.22. The van der Waals surface area contributed by atoms with Gasteiger partial charge < -0.3 is 9.52 Å². The molecule has 0 amide bonds. The van der Waals surface area contributed by atoms with Crippen LogP contribution in [0.5, 0.6) is 0 Å². The van der Waals surface area contributed by atoms with E-state index in [9.17, 15) is 5.11 Å². The van der Waals surface area contributed by atoms with Gasteiger partial charge in [-0.2, -0.15) is 0 Å². The maximum atomic E-state index is 9.63.